The summed E-state index contributed by atoms with van der Waals surface area (Å²) in [5.41, 5.74) is 0. The zero-order chi connectivity index (χ0) is 7.61. The van der Waals surface area contributed by atoms with Crippen molar-refractivity contribution >= 4 is 17.5 Å². The van der Waals surface area contributed by atoms with E-state index >= 15 is 0 Å². The summed E-state index contributed by atoms with van der Waals surface area (Å²) in [6, 6.07) is 0. The molecule has 0 radical (unpaired) electrons. The smallest absolute Gasteiger partial charge is 0.141 e. The molecule has 0 amide bonds. The molecule has 1 heterocycles. The van der Waals surface area contributed by atoms with Crippen LogP contribution in [-0.2, 0) is 4.79 Å². The number of ketones is 1. The van der Waals surface area contributed by atoms with E-state index in [-0.39, 0.29) is 0 Å². The molecular weight excluding hydrogens is 168 g/mol. The van der Waals surface area contributed by atoms with Gasteiger partial charge in [-0.1, -0.05) is 0 Å². The normalized spacial score (nSPS) is 79.2. The van der Waals surface area contributed by atoms with Crippen molar-refractivity contribution < 1.29 is 4.79 Å². The van der Waals surface area contributed by atoms with Crippen molar-refractivity contribution in [3.05, 3.63) is 0 Å². The number of fused-ring (bicyclic) bond motifs is 2. The Labute approximate surface area is 75.3 Å². The Morgan fingerprint density at radius 2 is 2.00 bits per heavy atom. The first kappa shape index (κ1) is 5.69. The van der Waals surface area contributed by atoms with E-state index in [0.29, 0.717) is 17.6 Å². The number of hydrogen-bond donors (Lipinski definition) is 0. The second-order valence-corrected chi connectivity index (χ2v) is 6.60. The predicted molar refractivity (Wildman–Crippen MR) is 45.7 cm³/mol. The van der Waals surface area contributed by atoms with Crippen LogP contribution in [-0.4, -0.2) is 16.3 Å². The SMILES string of the molecule is O=C1[C@@H]2[C@H]3C[C@H]4[C@H]2S[C@H]2[C@@H]1[C@@H]3[C@H]42. The van der Waals surface area contributed by atoms with Gasteiger partial charge in [-0.15, -0.1) is 0 Å². The van der Waals surface area contributed by atoms with E-state index in [0.717, 1.165) is 34.2 Å². The highest BCUT2D eigenvalue weighted by Gasteiger charge is 2.81. The fourth-order valence-corrected chi connectivity index (χ4v) is 7.63. The standard InChI is InChI=1S/C10H10OS/c11-8-6-2-1-3-5-4(2)7(8)10(5)12-9(3)6/h2-7,9-10H,1H2/t2-,3+,4-,5-,6-,7+,9+,10+/m0/s1. The summed E-state index contributed by atoms with van der Waals surface area (Å²) in [5, 5.41) is 1.61. The van der Waals surface area contributed by atoms with Crippen LogP contribution in [0.3, 0.4) is 0 Å². The predicted octanol–water partition coefficient (Wildman–Crippen LogP) is 1.18. The highest BCUT2D eigenvalue weighted by Crippen LogP contribution is 2.81. The fourth-order valence-electron chi connectivity index (χ4n) is 5.22. The third-order valence-electron chi connectivity index (χ3n) is 5.33. The maximum absolute atomic E-state index is 11.9. The summed E-state index contributed by atoms with van der Waals surface area (Å²) in [6.45, 7) is 0. The van der Waals surface area contributed by atoms with Gasteiger partial charge in [-0.3, -0.25) is 4.79 Å². The van der Waals surface area contributed by atoms with E-state index in [1.54, 1.807) is 0 Å². The van der Waals surface area contributed by atoms with Gasteiger partial charge >= 0.3 is 0 Å². The Morgan fingerprint density at radius 3 is 2.92 bits per heavy atom. The van der Waals surface area contributed by atoms with Gasteiger partial charge in [0.2, 0.25) is 0 Å². The summed E-state index contributed by atoms with van der Waals surface area (Å²) < 4.78 is 0. The number of rotatable bonds is 0. The molecule has 0 aromatic heterocycles. The first-order valence-electron chi connectivity index (χ1n) is 5.07. The molecule has 0 spiro atoms. The van der Waals surface area contributed by atoms with Crippen molar-refractivity contribution in [3.63, 3.8) is 0 Å². The second-order valence-electron chi connectivity index (χ2n) is 5.24. The zero-order valence-corrected chi connectivity index (χ0v) is 7.46. The van der Waals surface area contributed by atoms with Crippen LogP contribution < -0.4 is 0 Å². The van der Waals surface area contributed by atoms with Crippen LogP contribution in [0.2, 0.25) is 0 Å². The lowest BCUT2D eigenvalue weighted by atomic mass is 9.64. The van der Waals surface area contributed by atoms with Gasteiger partial charge in [0.1, 0.15) is 5.78 Å². The van der Waals surface area contributed by atoms with Crippen LogP contribution in [0, 0.1) is 35.5 Å². The Hall–Kier alpha value is 0.0200. The molecule has 8 atom stereocenters. The molecule has 0 unspecified atom stereocenters. The lowest BCUT2D eigenvalue weighted by molar-refractivity contribution is -0.126. The van der Waals surface area contributed by atoms with E-state index < -0.39 is 0 Å². The second kappa shape index (κ2) is 1.31. The quantitative estimate of drug-likeness (QED) is 0.554. The molecule has 1 nitrogen and oxygen atoms in total. The first-order valence-corrected chi connectivity index (χ1v) is 6.01. The molecule has 62 valence electrons. The summed E-state index contributed by atoms with van der Waals surface area (Å²) >= 11 is 2.19. The molecule has 4 aliphatic carbocycles. The minimum Gasteiger partial charge on any atom is -0.299 e. The van der Waals surface area contributed by atoms with Gasteiger partial charge in [0.15, 0.2) is 0 Å². The van der Waals surface area contributed by atoms with Crippen LogP contribution in [0.25, 0.3) is 0 Å². The highest BCUT2D eigenvalue weighted by atomic mass is 32.2. The molecule has 5 aliphatic rings. The largest absolute Gasteiger partial charge is 0.299 e. The van der Waals surface area contributed by atoms with Crippen molar-refractivity contribution in [2.75, 3.05) is 0 Å². The van der Waals surface area contributed by atoms with Crippen molar-refractivity contribution in [1.29, 1.82) is 0 Å². The van der Waals surface area contributed by atoms with Gasteiger partial charge in [-0.25, -0.2) is 0 Å². The molecule has 5 rings (SSSR count). The van der Waals surface area contributed by atoms with E-state index in [9.17, 15) is 4.79 Å². The maximum Gasteiger partial charge on any atom is 0.141 e. The number of carbonyl (C=O) groups excluding carboxylic acids is 1. The van der Waals surface area contributed by atoms with Gasteiger partial charge in [0.25, 0.3) is 0 Å². The summed E-state index contributed by atoms with van der Waals surface area (Å²) in [6.07, 6.45) is 1.43. The van der Waals surface area contributed by atoms with Crippen LogP contribution in [0.4, 0.5) is 0 Å². The molecule has 5 fully saturated rings. The van der Waals surface area contributed by atoms with E-state index in [2.05, 4.69) is 11.8 Å². The Bertz CT molecular complexity index is 320. The molecule has 12 heavy (non-hydrogen) atoms. The first-order chi connectivity index (χ1) is 5.88. The van der Waals surface area contributed by atoms with Gasteiger partial charge in [0, 0.05) is 22.3 Å². The van der Waals surface area contributed by atoms with E-state index in [1.165, 1.54) is 6.42 Å². The summed E-state index contributed by atoms with van der Waals surface area (Å²) in [5.74, 6) is 5.55. The third-order valence-corrected chi connectivity index (χ3v) is 7.21. The van der Waals surface area contributed by atoms with Crippen molar-refractivity contribution in [2.45, 2.75) is 16.9 Å². The van der Waals surface area contributed by atoms with E-state index in [1.807, 2.05) is 0 Å². The topological polar surface area (TPSA) is 17.1 Å². The Kier molecular flexibility index (Phi) is 0.623. The van der Waals surface area contributed by atoms with Crippen LogP contribution in [0.5, 0.6) is 0 Å². The Morgan fingerprint density at radius 1 is 1.08 bits per heavy atom. The molecule has 2 heteroatoms. The average Bonchev–Trinajstić information content (AvgIpc) is 2.47. The third kappa shape index (κ3) is 0.301. The zero-order valence-electron chi connectivity index (χ0n) is 6.64. The molecule has 0 aromatic carbocycles. The van der Waals surface area contributed by atoms with Gasteiger partial charge in [0.05, 0.1) is 0 Å². The number of hydrogen-bond acceptors (Lipinski definition) is 2. The fraction of sp³-hybridized carbons (Fsp3) is 0.900. The average molecular weight is 178 g/mol. The van der Waals surface area contributed by atoms with Crippen LogP contribution in [0.1, 0.15) is 6.42 Å². The number of Topliss-reactive ketones (excluding diaryl/α,β-unsaturated/α-hetero) is 1. The number of carbonyl (C=O) groups is 1. The Balaban J connectivity index is 1.91. The van der Waals surface area contributed by atoms with Crippen LogP contribution >= 0.6 is 11.8 Å². The van der Waals surface area contributed by atoms with Gasteiger partial charge in [-0.05, 0) is 30.1 Å². The highest BCUT2D eigenvalue weighted by molar-refractivity contribution is 8.01. The molecule has 0 aromatic rings. The van der Waals surface area contributed by atoms with Crippen molar-refractivity contribution in [3.8, 4) is 0 Å². The minimum atomic E-state index is 0.546. The van der Waals surface area contributed by atoms with E-state index in [4.69, 9.17) is 0 Å². The summed E-state index contributed by atoms with van der Waals surface area (Å²) in [7, 11) is 0. The molecule has 0 N–H and O–H groups in total. The molecule has 1 aliphatic heterocycles. The van der Waals surface area contributed by atoms with Gasteiger partial charge in [-0.2, -0.15) is 11.8 Å². The molecular formula is C10H10OS. The lowest BCUT2D eigenvalue weighted by Gasteiger charge is -2.42. The molecule has 1 saturated heterocycles. The maximum atomic E-state index is 11.9. The monoisotopic (exact) mass is 178 g/mol. The molecule has 4 saturated carbocycles. The van der Waals surface area contributed by atoms with Crippen molar-refractivity contribution in [2.24, 2.45) is 35.5 Å². The van der Waals surface area contributed by atoms with Crippen molar-refractivity contribution in [1.82, 2.24) is 0 Å². The lowest BCUT2D eigenvalue weighted by Crippen LogP contribution is -2.46. The minimum absolute atomic E-state index is 0.546. The van der Waals surface area contributed by atoms with Crippen LogP contribution in [0.15, 0.2) is 0 Å². The summed E-state index contributed by atoms with van der Waals surface area (Å²) in [4.78, 5) is 11.9. The number of thioether (sulfide) groups is 1. The van der Waals surface area contributed by atoms with Gasteiger partial charge < -0.3 is 0 Å². The molecule has 2 bridgehead atoms.